The van der Waals surface area contributed by atoms with E-state index in [1.54, 1.807) is 45.6 Å². The van der Waals surface area contributed by atoms with Gasteiger partial charge in [-0.05, 0) is 30.3 Å². The Balaban J connectivity index is 1.83. The molecule has 0 radical (unpaired) electrons. The van der Waals surface area contributed by atoms with Gasteiger partial charge in [-0.3, -0.25) is 0 Å². The highest BCUT2D eigenvalue weighted by atomic mass is 35.5. The summed E-state index contributed by atoms with van der Waals surface area (Å²) in [5, 5.41) is 14.7. The molecular weight excluding hydrogens is 370 g/mol. The molecule has 0 aliphatic heterocycles. The zero-order valence-electron chi connectivity index (χ0n) is 15.0. The lowest BCUT2D eigenvalue weighted by Gasteiger charge is -2.13. The minimum Gasteiger partial charge on any atom is -0.497 e. The molecule has 1 aromatic heterocycles. The van der Waals surface area contributed by atoms with Crippen molar-refractivity contribution in [1.29, 1.82) is 0 Å². The predicted molar refractivity (Wildman–Crippen MR) is 104 cm³/mol. The van der Waals surface area contributed by atoms with E-state index in [4.69, 9.17) is 25.8 Å². The normalized spacial score (nSPS) is 10.2. The predicted octanol–water partition coefficient (Wildman–Crippen LogP) is 4.04. The fourth-order valence-corrected chi connectivity index (χ4v) is 2.53. The Kier molecular flexibility index (Phi) is 5.77. The monoisotopic (exact) mass is 387 g/mol. The molecule has 0 aliphatic rings. The number of benzene rings is 2. The van der Waals surface area contributed by atoms with Crippen molar-refractivity contribution in [2.75, 3.05) is 32.0 Å². The van der Waals surface area contributed by atoms with E-state index in [-0.39, 0.29) is 5.95 Å². The van der Waals surface area contributed by atoms with E-state index < -0.39 is 0 Å². The lowest BCUT2D eigenvalue weighted by Crippen LogP contribution is -2.04. The van der Waals surface area contributed by atoms with Crippen LogP contribution in [0.5, 0.6) is 17.2 Å². The number of rotatable bonds is 7. The molecule has 0 fully saturated rings. The van der Waals surface area contributed by atoms with Gasteiger partial charge in [0.15, 0.2) is 5.82 Å². The minimum atomic E-state index is 0.285. The second-order valence-corrected chi connectivity index (χ2v) is 5.76. The third-order valence-electron chi connectivity index (χ3n) is 3.64. The van der Waals surface area contributed by atoms with Crippen LogP contribution in [-0.2, 0) is 0 Å². The first-order chi connectivity index (χ1) is 13.1. The first-order valence-electron chi connectivity index (χ1n) is 7.92. The van der Waals surface area contributed by atoms with Crippen molar-refractivity contribution >= 4 is 34.7 Å². The number of halogens is 1. The van der Waals surface area contributed by atoms with Crippen LogP contribution in [0.1, 0.15) is 0 Å². The summed E-state index contributed by atoms with van der Waals surface area (Å²) in [4.78, 5) is 4.41. The molecule has 27 heavy (non-hydrogen) atoms. The Bertz CT molecular complexity index is 939. The van der Waals surface area contributed by atoms with Gasteiger partial charge in [0.2, 0.25) is 5.95 Å². The van der Waals surface area contributed by atoms with Gasteiger partial charge in [-0.25, -0.2) is 0 Å². The lowest BCUT2D eigenvalue weighted by atomic mass is 10.2. The molecule has 0 aliphatic carbocycles. The average molecular weight is 388 g/mol. The van der Waals surface area contributed by atoms with Crippen LogP contribution in [0.15, 0.2) is 42.6 Å². The van der Waals surface area contributed by atoms with Gasteiger partial charge in [-0.1, -0.05) is 11.6 Å². The second-order valence-electron chi connectivity index (χ2n) is 5.33. The number of hydrogen-bond donors (Lipinski definition) is 2. The number of methoxy groups -OCH3 is 3. The topological polar surface area (TPSA) is 90.4 Å². The zero-order chi connectivity index (χ0) is 19.2. The van der Waals surface area contributed by atoms with E-state index >= 15 is 0 Å². The van der Waals surface area contributed by atoms with Crippen molar-refractivity contribution in [2.45, 2.75) is 0 Å². The summed E-state index contributed by atoms with van der Waals surface area (Å²) < 4.78 is 15.9. The fraction of sp³-hybridized carbons (Fsp3) is 0.167. The Morgan fingerprint density at radius 3 is 2.41 bits per heavy atom. The molecule has 0 bridgehead atoms. The van der Waals surface area contributed by atoms with Gasteiger partial charge in [-0.2, -0.15) is 10.1 Å². The maximum atomic E-state index is 6.05. The summed E-state index contributed by atoms with van der Waals surface area (Å²) in [5.41, 5.74) is 1.34. The molecule has 3 rings (SSSR count). The molecule has 2 aromatic carbocycles. The Morgan fingerprint density at radius 1 is 0.852 bits per heavy atom. The van der Waals surface area contributed by atoms with Gasteiger partial charge in [0.05, 0.1) is 38.9 Å². The van der Waals surface area contributed by atoms with Crippen LogP contribution in [0, 0.1) is 0 Å². The number of nitrogens with one attached hydrogen (secondary N) is 2. The van der Waals surface area contributed by atoms with E-state index in [1.807, 2.05) is 12.1 Å². The maximum Gasteiger partial charge on any atom is 0.249 e. The number of hydrogen-bond acceptors (Lipinski definition) is 8. The van der Waals surface area contributed by atoms with Gasteiger partial charge < -0.3 is 24.8 Å². The van der Waals surface area contributed by atoms with Crippen molar-refractivity contribution in [1.82, 2.24) is 15.2 Å². The highest BCUT2D eigenvalue weighted by Crippen LogP contribution is 2.32. The zero-order valence-corrected chi connectivity index (χ0v) is 15.7. The highest BCUT2D eigenvalue weighted by Gasteiger charge is 2.10. The van der Waals surface area contributed by atoms with Crippen LogP contribution >= 0.6 is 11.6 Å². The van der Waals surface area contributed by atoms with Crippen LogP contribution in [-0.4, -0.2) is 36.5 Å². The largest absolute Gasteiger partial charge is 0.497 e. The van der Waals surface area contributed by atoms with Gasteiger partial charge in [-0.15, -0.1) is 5.10 Å². The molecule has 140 valence electrons. The molecule has 0 atom stereocenters. The van der Waals surface area contributed by atoms with Crippen molar-refractivity contribution in [2.24, 2.45) is 0 Å². The standard InChI is InChI=1S/C18H18ClN5O3/c1-25-12-5-6-13(16(9-12)27-3)21-17-10-20-24-18(23-17)22-14-8-11(19)4-7-15(14)26-2/h4-10H,1-3H3,(H2,21,22,23,24). The molecule has 0 unspecified atom stereocenters. The average Bonchev–Trinajstić information content (AvgIpc) is 2.69. The quantitative estimate of drug-likeness (QED) is 0.627. The molecule has 3 aromatic rings. The van der Waals surface area contributed by atoms with Gasteiger partial charge in [0, 0.05) is 11.1 Å². The smallest absolute Gasteiger partial charge is 0.249 e. The number of ether oxygens (including phenoxy) is 3. The number of nitrogens with zero attached hydrogens (tertiary/aromatic N) is 3. The second kappa shape index (κ2) is 8.41. The minimum absolute atomic E-state index is 0.285. The van der Waals surface area contributed by atoms with Crippen molar-refractivity contribution in [3.05, 3.63) is 47.6 Å². The molecule has 0 spiro atoms. The first-order valence-corrected chi connectivity index (χ1v) is 8.30. The first kappa shape index (κ1) is 18.5. The lowest BCUT2D eigenvalue weighted by molar-refractivity contribution is 0.395. The molecular formula is C18H18ClN5O3. The molecule has 0 saturated carbocycles. The van der Waals surface area contributed by atoms with E-state index in [1.165, 1.54) is 6.20 Å². The van der Waals surface area contributed by atoms with Gasteiger partial charge >= 0.3 is 0 Å². The SMILES string of the molecule is COc1ccc(Nc2cnnc(Nc3cc(Cl)ccc3OC)n2)c(OC)c1. The van der Waals surface area contributed by atoms with Crippen LogP contribution in [0.4, 0.5) is 23.1 Å². The number of anilines is 4. The fourth-order valence-electron chi connectivity index (χ4n) is 2.35. The molecule has 2 N–H and O–H groups in total. The Hall–Kier alpha value is -3.26. The van der Waals surface area contributed by atoms with Crippen molar-refractivity contribution < 1.29 is 14.2 Å². The van der Waals surface area contributed by atoms with Crippen LogP contribution < -0.4 is 24.8 Å². The Morgan fingerprint density at radius 2 is 1.67 bits per heavy atom. The van der Waals surface area contributed by atoms with Gasteiger partial charge in [0.1, 0.15) is 17.2 Å². The third kappa shape index (κ3) is 4.48. The molecule has 1 heterocycles. The summed E-state index contributed by atoms with van der Waals surface area (Å²) in [6.45, 7) is 0. The summed E-state index contributed by atoms with van der Waals surface area (Å²) in [7, 11) is 4.75. The summed E-state index contributed by atoms with van der Waals surface area (Å²) in [6, 6.07) is 10.6. The van der Waals surface area contributed by atoms with Crippen molar-refractivity contribution in [3.8, 4) is 17.2 Å². The summed E-state index contributed by atoms with van der Waals surface area (Å²) >= 11 is 6.05. The summed E-state index contributed by atoms with van der Waals surface area (Å²) in [6.07, 6.45) is 1.50. The van der Waals surface area contributed by atoms with Crippen molar-refractivity contribution in [3.63, 3.8) is 0 Å². The Labute approximate surface area is 161 Å². The van der Waals surface area contributed by atoms with E-state index in [2.05, 4.69) is 25.8 Å². The highest BCUT2D eigenvalue weighted by molar-refractivity contribution is 6.31. The van der Waals surface area contributed by atoms with E-state index in [0.717, 1.165) is 0 Å². The van der Waals surface area contributed by atoms with E-state index in [9.17, 15) is 0 Å². The van der Waals surface area contributed by atoms with Crippen LogP contribution in [0.25, 0.3) is 0 Å². The van der Waals surface area contributed by atoms with E-state index in [0.29, 0.717) is 39.5 Å². The molecule has 8 nitrogen and oxygen atoms in total. The van der Waals surface area contributed by atoms with Crippen LogP contribution in [0.3, 0.4) is 0 Å². The molecule has 0 amide bonds. The molecule has 0 saturated heterocycles. The maximum absolute atomic E-state index is 6.05. The molecule has 9 heteroatoms. The third-order valence-corrected chi connectivity index (χ3v) is 3.87. The van der Waals surface area contributed by atoms with Crippen LogP contribution in [0.2, 0.25) is 5.02 Å². The number of aromatic nitrogens is 3. The van der Waals surface area contributed by atoms with Gasteiger partial charge in [0.25, 0.3) is 0 Å². The summed E-state index contributed by atoms with van der Waals surface area (Å²) in [5.74, 6) is 2.68.